The molecule has 4 aromatic carbocycles. The monoisotopic (exact) mass is 828 g/mol. The molecule has 7 heteroatoms. The van der Waals surface area contributed by atoms with Crippen LogP contribution in [0.2, 0.25) is 5.04 Å². The van der Waals surface area contributed by atoms with E-state index in [9.17, 15) is 0 Å². The van der Waals surface area contributed by atoms with Gasteiger partial charge in [0.1, 0.15) is 24.2 Å². The summed E-state index contributed by atoms with van der Waals surface area (Å²) in [5.41, 5.74) is 3.39. The first-order valence-electron chi connectivity index (χ1n) is 19.1. The molecule has 0 N–H and O–H groups in total. The van der Waals surface area contributed by atoms with Crippen LogP contribution in [0.1, 0.15) is 95.9 Å². The summed E-state index contributed by atoms with van der Waals surface area (Å²) < 4.78 is 35.6. The minimum absolute atomic E-state index is 0.0692. The molecule has 3 aliphatic rings. The van der Waals surface area contributed by atoms with E-state index in [4.69, 9.17) is 23.4 Å². The summed E-state index contributed by atoms with van der Waals surface area (Å²) in [7, 11) is -2.64. The Bertz CT molecular complexity index is 1800. The van der Waals surface area contributed by atoms with Crippen molar-refractivity contribution in [3.8, 4) is 11.5 Å². The third-order valence-electron chi connectivity index (χ3n) is 11.4. The quantitative estimate of drug-likeness (QED) is 0.0763. The maximum atomic E-state index is 7.33. The lowest BCUT2D eigenvalue weighted by Crippen LogP contribution is -2.66. The lowest BCUT2D eigenvalue weighted by atomic mass is 9.81. The van der Waals surface area contributed by atoms with Crippen LogP contribution in [0, 0.1) is 15.4 Å². The number of halogens is 1. The third-order valence-corrected chi connectivity index (χ3v) is 17.4. The van der Waals surface area contributed by atoms with E-state index in [2.05, 4.69) is 154 Å². The molecule has 0 aromatic heterocycles. The molecule has 4 aromatic rings. The first-order chi connectivity index (χ1) is 25.1. The Morgan fingerprint density at radius 2 is 1.56 bits per heavy atom. The zero-order valence-corrected chi connectivity index (χ0v) is 34.5. The number of rotatable bonds is 13. The van der Waals surface area contributed by atoms with Crippen molar-refractivity contribution in [1.82, 2.24) is 0 Å². The molecule has 1 fully saturated rings. The van der Waals surface area contributed by atoms with Crippen molar-refractivity contribution in [3.05, 3.63) is 123 Å². The van der Waals surface area contributed by atoms with Gasteiger partial charge in [0.2, 0.25) is 5.79 Å². The lowest BCUT2D eigenvalue weighted by molar-refractivity contribution is -0.203. The van der Waals surface area contributed by atoms with E-state index in [1.807, 2.05) is 6.07 Å². The number of benzene rings is 4. The van der Waals surface area contributed by atoms with Gasteiger partial charge in [-0.15, -0.1) is 0 Å². The Kier molecular flexibility index (Phi) is 11.2. The van der Waals surface area contributed by atoms with Crippen molar-refractivity contribution >= 4 is 47.4 Å². The Morgan fingerprint density at radius 1 is 0.904 bits per heavy atom. The summed E-state index contributed by atoms with van der Waals surface area (Å²) in [5.74, 6) is 2.34. The standard InChI is InChI=1S/C45H53IO5Si/c1-6-7-11-20-36-27-35-28-39(47-30-33-18-12-8-13-19-33)42(46)43-41(35)40(50-36)29-45(51-43)32(2)34(31-48-45)25-26-49-52(44(3,4)5,37-21-14-9-15-22-37)38-23-16-10-17-24-38/h8-10,12-19,21-24,27-28,32,34,40H,6-7,11,20,25-26,29-31H2,1-5H3/t32-,34+,40-,45-/m0/s1. The minimum Gasteiger partial charge on any atom is -0.490 e. The molecule has 0 aliphatic carbocycles. The van der Waals surface area contributed by atoms with E-state index >= 15 is 0 Å². The predicted molar refractivity (Wildman–Crippen MR) is 221 cm³/mol. The fraction of sp³-hybridized carbons (Fsp3) is 0.422. The Labute approximate surface area is 325 Å². The molecule has 3 heterocycles. The molecule has 5 nitrogen and oxygen atoms in total. The molecule has 4 atom stereocenters. The highest BCUT2D eigenvalue weighted by molar-refractivity contribution is 14.1. The summed E-state index contributed by atoms with van der Waals surface area (Å²) in [6, 6.07) is 34.3. The van der Waals surface area contributed by atoms with Crippen LogP contribution < -0.4 is 19.8 Å². The average Bonchev–Trinajstić information content (AvgIpc) is 3.44. The van der Waals surface area contributed by atoms with Gasteiger partial charge in [-0.1, -0.05) is 138 Å². The number of ether oxygens (including phenoxy) is 4. The summed E-state index contributed by atoms with van der Waals surface area (Å²) in [6.45, 7) is 13.3. The summed E-state index contributed by atoms with van der Waals surface area (Å²) in [4.78, 5) is 0. The molecule has 0 saturated carbocycles. The zero-order valence-electron chi connectivity index (χ0n) is 31.3. The molecule has 1 saturated heterocycles. The van der Waals surface area contributed by atoms with Crippen molar-refractivity contribution in [3.63, 3.8) is 0 Å². The van der Waals surface area contributed by atoms with Gasteiger partial charge in [-0.3, -0.25) is 0 Å². The molecule has 0 bridgehead atoms. The molecule has 1 spiro atoms. The maximum Gasteiger partial charge on any atom is 0.261 e. The van der Waals surface area contributed by atoms with Crippen molar-refractivity contribution in [2.75, 3.05) is 13.2 Å². The van der Waals surface area contributed by atoms with Crippen LogP contribution in [0.25, 0.3) is 6.08 Å². The topological polar surface area (TPSA) is 46.2 Å². The Balaban J connectivity index is 1.15. The fourth-order valence-electron chi connectivity index (χ4n) is 8.49. The first-order valence-corrected chi connectivity index (χ1v) is 22.1. The second-order valence-corrected chi connectivity index (χ2v) is 21.1. The smallest absolute Gasteiger partial charge is 0.261 e. The Hall–Kier alpha value is -3.11. The molecule has 0 amide bonds. The van der Waals surface area contributed by atoms with Crippen LogP contribution in [0.15, 0.2) is 103 Å². The van der Waals surface area contributed by atoms with Crippen molar-refractivity contribution < 1.29 is 23.4 Å². The highest BCUT2D eigenvalue weighted by atomic mass is 127. The molecule has 52 heavy (non-hydrogen) atoms. The lowest BCUT2D eigenvalue weighted by Gasteiger charge is -2.44. The molecule has 274 valence electrons. The van der Waals surface area contributed by atoms with Gasteiger partial charge in [0, 0.05) is 24.5 Å². The summed E-state index contributed by atoms with van der Waals surface area (Å²) in [5, 5.41) is 2.54. The van der Waals surface area contributed by atoms with Crippen LogP contribution in [0.3, 0.4) is 0 Å². The highest BCUT2D eigenvalue weighted by Crippen LogP contribution is 2.56. The molecular weight excluding hydrogens is 775 g/mol. The summed E-state index contributed by atoms with van der Waals surface area (Å²) >= 11 is 2.40. The SMILES string of the molecule is CCCCCC1=Cc2cc(OCc3ccccc3)c(I)c3c2[C@H](C[C@]2(OC[C@@H](CCO[Si](c4ccccc4)(c4ccccc4)C(C)(C)C)[C@@H]2C)O3)O1. The molecular formula is C45H53IO5Si. The number of allylic oxidation sites excluding steroid dienone is 1. The van der Waals surface area contributed by atoms with Crippen LogP contribution in [0.5, 0.6) is 11.5 Å². The second-order valence-electron chi connectivity index (χ2n) is 15.7. The van der Waals surface area contributed by atoms with E-state index in [0.29, 0.717) is 26.2 Å². The maximum absolute atomic E-state index is 7.33. The fourth-order valence-corrected chi connectivity index (χ4v) is 13.8. The van der Waals surface area contributed by atoms with Gasteiger partial charge in [0.25, 0.3) is 8.32 Å². The normalized spacial score (nSPS) is 22.3. The molecule has 3 aliphatic heterocycles. The van der Waals surface area contributed by atoms with E-state index < -0.39 is 14.1 Å². The van der Waals surface area contributed by atoms with Gasteiger partial charge in [0.05, 0.1) is 22.4 Å². The molecule has 0 radical (unpaired) electrons. The van der Waals surface area contributed by atoms with Crippen LogP contribution in [0.4, 0.5) is 0 Å². The van der Waals surface area contributed by atoms with Gasteiger partial charge in [-0.05, 0) is 80.0 Å². The first kappa shape index (κ1) is 37.2. The zero-order chi connectivity index (χ0) is 36.3. The van der Waals surface area contributed by atoms with Crippen LogP contribution in [-0.4, -0.2) is 27.3 Å². The minimum atomic E-state index is -2.64. The van der Waals surface area contributed by atoms with Gasteiger partial charge in [-0.25, -0.2) is 0 Å². The van der Waals surface area contributed by atoms with Gasteiger partial charge in [-0.2, -0.15) is 0 Å². The third kappa shape index (κ3) is 7.23. The van der Waals surface area contributed by atoms with E-state index in [1.165, 1.54) is 23.2 Å². The average molecular weight is 829 g/mol. The number of hydrogen-bond donors (Lipinski definition) is 0. The highest BCUT2D eigenvalue weighted by Gasteiger charge is 2.56. The number of unbranched alkanes of at least 4 members (excludes halogenated alkanes) is 2. The Morgan fingerprint density at radius 3 is 2.19 bits per heavy atom. The molecule has 0 unspecified atom stereocenters. The van der Waals surface area contributed by atoms with Crippen molar-refractivity contribution in [1.29, 1.82) is 0 Å². The molecule has 7 rings (SSSR count). The van der Waals surface area contributed by atoms with E-state index in [-0.39, 0.29) is 23.0 Å². The van der Waals surface area contributed by atoms with Crippen LogP contribution in [-0.2, 0) is 20.5 Å². The van der Waals surface area contributed by atoms with Crippen LogP contribution >= 0.6 is 22.6 Å². The largest absolute Gasteiger partial charge is 0.490 e. The van der Waals surface area contributed by atoms with Gasteiger partial charge < -0.3 is 23.4 Å². The van der Waals surface area contributed by atoms with Crippen molar-refractivity contribution in [2.45, 2.75) is 96.7 Å². The second kappa shape index (κ2) is 15.7. The van der Waals surface area contributed by atoms with Gasteiger partial charge in [0.15, 0.2) is 0 Å². The van der Waals surface area contributed by atoms with E-state index in [1.54, 1.807) is 0 Å². The summed E-state index contributed by atoms with van der Waals surface area (Å²) in [6.07, 6.45) is 8.03. The van der Waals surface area contributed by atoms with E-state index in [0.717, 1.165) is 56.8 Å². The predicted octanol–water partition coefficient (Wildman–Crippen LogP) is 10.6. The number of hydrogen-bond acceptors (Lipinski definition) is 5. The van der Waals surface area contributed by atoms with Crippen molar-refractivity contribution in [2.24, 2.45) is 11.8 Å². The van der Waals surface area contributed by atoms with Gasteiger partial charge >= 0.3 is 0 Å².